The Labute approximate surface area is 118 Å². The fourth-order valence-corrected chi connectivity index (χ4v) is 2.97. The van der Waals surface area contributed by atoms with E-state index in [4.69, 9.17) is 17.3 Å². The SMILES string of the molecule is Nc1nc2ccc(Cl)cc2n1CCCN1CCCC1. The van der Waals surface area contributed by atoms with Crippen molar-refractivity contribution in [3.63, 3.8) is 0 Å². The van der Waals surface area contributed by atoms with Gasteiger partial charge in [-0.05, 0) is 57.1 Å². The number of nitrogen functional groups attached to an aromatic ring is 1. The van der Waals surface area contributed by atoms with Crippen molar-refractivity contribution in [2.75, 3.05) is 25.4 Å². The number of aryl methyl sites for hydroxylation is 1. The number of imidazole rings is 1. The van der Waals surface area contributed by atoms with Crippen LogP contribution in [-0.4, -0.2) is 34.1 Å². The summed E-state index contributed by atoms with van der Waals surface area (Å²) in [7, 11) is 0. The minimum absolute atomic E-state index is 0.582. The van der Waals surface area contributed by atoms with Gasteiger partial charge in [0.25, 0.3) is 0 Å². The fraction of sp³-hybridized carbons (Fsp3) is 0.500. The van der Waals surface area contributed by atoms with Crippen molar-refractivity contribution in [3.05, 3.63) is 23.2 Å². The number of anilines is 1. The number of hydrogen-bond acceptors (Lipinski definition) is 3. The molecule has 4 nitrogen and oxygen atoms in total. The lowest BCUT2D eigenvalue weighted by Gasteiger charge is -2.14. The number of likely N-dealkylation sites (tertiary alicyclic amines) is 1. The van der Waals surface area contributed by atoms with Crippen LogP contribution in [0.4, 0.5) is 5.95 Å². The summed E-state index contributed by atoms with van der Waals surface area (Å²) in [6.07, 6.45) is 3.78. The molecule has 0 spiro atoms. The predicted octanol–water partition coefficient (Wildman–Crippen LogP) is 2.76. The number of fused-ring (bicyclic) bond motifs is 1. The molecule has 2 heterocycles. The van der Waals surface area contributed by atoms with Crippen LogP contribution >= 0.6 is 11.6 Å². The maximum Gasteiger partial charge on any atom is 0.201 e. The van der Waals surface area contributed by atoms with Gasteiger partial charge >= 0.3 is 0 Å². The van der Waals surface area contributed by atoms with Gasteiger partial charge in [0.15, 0.2) is 0 Å². The molecule has 1 aromatic heterocycles. The summed E-state index contributed by atoms with van der Waals surface area (Å²) in [4.78, 5) is 6.89. The van der Waals surface area contributed by atoms with Crippen molar-refractivity contribution in [3.8, 4) is 0 Å². The van der Waals surface area contributed by atoms with Crippen LogP contribution in [0.1, 0.15) is 19.3 Å². The quantitative estimate of drug-likeness (QED) is 0.935. The van der Waals surface area contributed by atoms with Crippen molar-refractivity contribution < 1.29 is 0 Å². The molecule has 2 N–H and O–H groups in total. The first-order valence-electron chi connectivity index (χ1n) is 6.88. The maximum absolute atomic E-state index is 6.05. The number of rotatable bonds is 4. The van der Waals surface area contributed by atoms with Crippen molar-refractivity contribution in [1.29, 1.82) is 0 Å². The largest absolute Gasteiger partial charge is 0.369 e. The fourth-order valence-electron chi connectivity index (χ4n) is 2.81. The second-order valence-electron chi connectivity index (χ2n) is 5.16. The van der Waals surface area contributed by atoms with E-state index in [9.17, 15) is 0 Å². The van der Waals surface area contributed by atoms with Crippen LogP contribution in [0.2, 0.25) is 5.02 Å². The molecule has 1 saturated heterocycles. The van der Waals surface area contributed by atoms with Crippen molar-refractivity contribution in [2.24, 2.45) is 0 Å². The molecule has 2 aromatic rings. The van der Waals surface area contributed by atoms with Crippen LogP contribution in [0.15, 0.2) is 18.2 Å². The van der Waals surface area contributed by atoms with Crippen molar-refractivity contribution in [1.82, 2.24) is 14.5 Å². The second-order valence-corrected chi connectivity index (χ2v) is 5.59. The minimum Gasteiger partial charge on any atom is -0.369 e. The molecule has 0 unspecified atom stereocenters. The van der Waals surface area contributed by atoms with E-state index >= 15 is 0 Å². The van der Waals surface area contributed by atoms with Crippen LogP contribution in [0, 0.1) is 0 Å². The number of nitrogens with zero attached hydrogens (tertiary/aromatic N) is 3. The van der Waals surface area contributed by atoms with Crippen molar-refractivity contribution in [2.45, 2.75) is 25.8 Å². The van der Waals surface area contributed by atoms with Gasteiger partial charge in [-0.2, -0.15) is 0 Å². The monoisotopic (exact) mass is 278 g/mol. The van der Waals surface area contributed by atoms with Crippen LogP contribution < -0.4 is 5.73 Å². The maximum atomic E-state index is 6.05. The van der Waals surface area contributed by atoms with Gasteiger partial charge in [0.2, 0.25) is 5.95 Å². The van der Waals surface area contributed by atoms with Gasteiger partial charge < -0.3 is 15.2 Å². The van der Waals surface area contributed by atoms with Gasteiger partial charge in [0.1, 0.15) is 0 Å². The molecule has 0 bridgehead atoms. The molecule has 1 fully saturated rings. The lowest BCUT2D eigenvalue weighted by Crippen LogP contribution is -2.21. The Bertz CT molecular complexity index is 572. The smallest absolute Gasteiger partial charge is 0.201 e. The van der Waals surface area contributed by atoms with E-state index in [0.29, 0.717) is 5.95 Å². The van der Waals surface area contributed by atoms with Gasteiger partial charge in [-0.15, -0.1) is 0 Å². The molecule has 1 aliphatic rings. The Hall–Kier alpha value is -1.26. The Kier molecular flexibility index (Phi) is 3.62. The van der Waals surface area contributed by atoms with E-state index in [0.717, 1.165) is 35.6 Å². The summed E-state index contributed by atoms with van der Waals surface area (Å²) < 4.78 is 2.07. The molecule has 0 saturated carbocycles. The van der Waals surface area contributed by atoms with E-state index in [2.05, 4.69) is 14.5 Å². The average Bonchev–Trinajstić information content (AvgIpc) is 2.99. The highest BCUT2D eigenvalue weighted by molar-refractivity contribution is 6.31. The number of nitrogens with two attached hydrogens (primary N) is 1. The number of aromatic nitrogens is 2. The second kappa shape index (κ2) is 5.39. The molecule has 5 heteroatoms. The topological polar surface area (TPSA) is 47.1 Å². The predicted molar refractivity (Wildman–Crippen MR) is 79.4 cm³/mol. The highest BCUT2D eigenvalue weighted by atomic mass is 35.5. The first-order chi connectivity index (χ1) is 9.24. The summed E-state index contributed by atoms with van der Waals surface area (Å²) >= 11 is 6.05. The van der Waals surface area contributed by atoms with Crippen LogP contribution in [0.3, 0.4) is 0 Å². The molecule has 0 radical (unpaired) electrons. The lowest BCUT2D eigenvalue weighted by atomic mass is 10.3. The first-order valence-corrected chi connectivity index (χ1v) is 7.25. The van der Waals surface area contributed by atoms with Gasteiger partial charge in [-0.25, -0.2) is 4.98 Å². The Morgan fingerprint density at radius 3 is 2.79 bits per heavy atom. The zero-order valence-electron chi connectivity index (χ0n) is 11.0. The van der Waals surface area contributed by atoms with E-state index < -0.39 is 0 Å². The van der Waals surface area contributed by atoms with E-state index in [1.54, 1.807) is 0 Å². The third-order valence-corrected chi connectivity index (χ3v) is 4.03. The molecule has 1 aliphatic heterocycles. The Balaban J connectivity index is 1.72. The van der Waals surface area contributed by atoms with Crippen molar-refractivity contribution >= 4 is 28.6 Å². The lowest BCUT2D eigenvalue weighted by molar-refractivity contribution is 0.326. The first kappa shape index (κ1) is 12.8. The van der Waals surface area contributed by atoms with E-state index in [1.165, 1.54) is 25.9 Å². The molecule has 0 amide bonds. The minimum atomic E-state index is 0.582. The number of hydrogen-bond donors (Lipinski definition) is 1. The van der Waals surface area contributed by atoms with E-state index in [1.807, 2.05) is 18.2 Å². The summed E-state index contributed by atoms with van der Waals surface area (Å²) in [5.74, 6) is 0.582. The van der Waals surface area contributed by atoms with Gasteiger partial charge in [-0.3, -0.25) is 0 Å². The zero-order chi connectivity index (χ0) is 13.2. The number of benzene rings is 1. The highest BCUT2D eigenvalue weighted by Gasteiger charge is 2.12. The molecular weight excluding hydrogens is 260 g/mol. The van der Waals surface area contributed by atoms with E-state index in [-0.39, 0.29) is 0 Å². The normalized spacial score (nSPS) is 16.5. The molecule has 19 heavy (non-hydrogen) atoms. The Morgan fingerprint density at radius 2 is 2.00 bits per heavy atom. The van der Waals surface area contributed by atoms with Crippen LogP contribution in [0.5, 0.6) is 0 Å². The molecule has 3 rings (SSSR count). The average molecular weight is 279 g/mol. The standard InChI is InChI=1S/C14H19ClN4/c15-11-4-5-12-13(10-11)19(14(16)17-12)9-3-8-18-6-1-2-7-18/h4-5,10H,1-3,6-9H2,(H2,16,17). The summed E-state index contributed by atoms with van der Waals surface area (Å²) in [6, 6.07) is 5.71. The van der Waals surface area contributed by atoms with Crippen LogP contribution in [0.25, 0.3) is 11.0 Å². The molecule has 0 aliphatic carbocycles. The zero-order valence-corrected chi connectivity index (χ0v) is 11.7. The van der Waals surface area contributed by atoms with Gasteiger partial charge in [0.05, 0.1) is 11.0 Å². The number of halogens is 1. The summed E-state index contributed by atoms with van der Waals surface area (Å²) in [5, 5.41) is 0.730. The molecule has 1 aromatic carbocycles. The summed E-state index contributed by atoms with van der Waals surface area (Å²) in [5.41, 5.74) is 7.95. The highest BCUT2D eigenvalue weighted by Crippen LogP contribution is 2.22. The third-order valence-electron chi connectivity index (χ3n) is 3.79. The van der Waals surface area contributed by atoms with Gasteiger partial charge in [0, 0.05) is 11.6 Å². The van der Waals surface area contributed by atoms with Gasteiger partial charge in [-0.1, -0.05) is 11.6 Å². The van der Waals surface area contributed by atoms with Crippen LogP contribution in [-0.2, 0) is 6.54 Å². The summed E-state index contributed by atoms with van der Waals surface area (Å²) in [6.45, 7) is 4.52. The molecule has 0 atom stereocenters. The Morgan fingerprint density at radius 1 is 1.21 bits per heavy atom. The third kappa shape index (κ3) is 2.69. The molecule has 102 valence electrons. The molecular formula is C14H19ClN4.